The summed E-state index contributed by atoms with van der Waals surface area (Å²) in [5.74, 6) is -1.28. The van der Waals surface area contributed by atoms with Gasteiger partial charge >= 0.3 is 0 Å². The van der Waals surface area contributed by atoms with Gasteiger partial charge in [0.2, 0.25) is 15.9 Å². The van der Waals surface area contributed by atoms with Crippen molar-refractivity contribution < 1.29 is 22.8 Å². The van der Waals surface area contributed by atoms with Crippen molar-refractivity contribution in [3.63, 3.8) is 0 Å². The van der Waals surface area contributed by atoms with E-state index in [9.17, 15) is 22.8 Å². The number of piperazine rings is 1. The Hall–Kier alpha value is -2.26. The third-order valence-electron chi connectivity index (χ3n) is 4.52. The molecule has 1 fully saturated rings. The van der Waals surface area contributed by atoms with E-state index in [1.165, 1.54) is 9.21 Å². The molecule has 0 saturated carbocycles. The first-order valence-electron chi connectivity index (χ1n) is 8.06. The summed E-state index contributed by atoms with van der Waals surface area (Å²) in [6, 6.07) is 6.47. The Balaban J connectivity index is 1.63. The van der Waals surface area contributed by atoms with E-state index in [2.05, 4.69) is 0 Å². The van der Waals surface area contributed by atoms with Crippen LogP contribution >= 0.6 is 0 Å². The van der Waals surface area contributed by atoms with Crippen LogP contribution in [0.4, 0.5) is 0 Å². The predicted molar refractivity (Wildman–Crippen MR) is 89.4 cm³/mol. The fourth-order valence-electron chi connectivity index (χ4n) is 3.02. The first kappa shape index (κ1) is 17.6. The zero-order valence-corrected chi connectivity index (χ0v) is 14.7. The number of fused-ring (bicyclic) bond motifs is 1. The Labute approximate surface area is 146 Å². The molecule has 3 rings (SSSR count). The number of carbonyl (C=O) groups excluding carboxylic acids is 3. The summed E-state index contributed by atoms with van der Waals surface area (Å²) >= 11 is 0. The SMILES string of the molecule is CCS(=O)(=O)N1CCN(C(=O)CN2C(=O)c3ccccc3C2=O)CC1. The summed E-state index contributed by atoms with van der Waals surface area (Å²) in [6.45, 7) is 2.21. The number of rotatable bonds is 4. The molecule has 1 saturated heterocycles. The molecule has 0 N–H and O–H groups in total. The maximum Gasteiger partial charge on any atom is 0.262 e. The number of imide groups is 1. The average Bonchev–Trinajstić information content (AvgIpc) is 2.87. The molecule has 8 nitrogen and oxygen atoms in total. The van der Waals surface area contributed by atoms with Gasteiger partial charge in [-0.05, 0) is 19.1 Å². The number of hydrogen-bond acceptors (Lipinski definition) is 5. The van der Waals surface area contributed by atoms with Gasteiger partial charge in [0.1, 0.15) is 6.54 Å². The summed E-state index contributed by atoms with van der Waals surface area (Å²) in [6.07, 6.45) is 0. The molecule has 2 aliphatic rings. The number of benzene rings is 1. The second-order valence-electron chi connectivity index (χ2n) is 5.92. The van der Waals surface area contributed by atoms with Crippen LogP contribution in [0.3, 0.4) is 0 Å². The Morgan fingerprint density at radius 1 is 1.00 bits per heavy atom. The largest absolute Gasteiger partial charge is 0.338 e. The van der Waals surface area contributed by atoms with Gasteiger partial charge in [0, 0.05) is 26.2 Å². The maximum absolute atomic E-state index is 12.4. The lowest BCUT2D eigenvalue weighted by Gasteiger charge is -2.34. The predicted octanol–water partition coefficient (Wildman–Crippen LogP) is -0.223. The molecular formula is C16H19N3O5S. The third kappa shape index (κ3) is 3.16. The molecule has 1 aromatic rings. The number of hydrogen-bond donors (Lipinski definition) is 0. The molecule has 2 aliphatic heterocycles. The molecule has 9 heteroatoms. The number of sulfonamides is 1. The zero-order valence-electron chi connectivity index (χ0n) is 13.8. The molecule has 134 valence electrons. The first-order valence-corrected chi connectivity index (χ1v) is 9.67. The molecular weight excluding hydrogens is 346 g/mol. The summed E-state index contributed by atoms with van der Waals surface area (Å²) in [7, 11) is -3.27. The van der Waals surface area contributed by atoms with Crippen LogP contribution < -0.4 is 0 Å². The van der Waals surface area contributed by atoms with Crippen LogP contribution in [-0.4, -0.2) is 78.7 Å². The standard InChI is InChI=1S/C16H19N3O5S/c1-2-25(23,24)18-9-7-17(8-10-18)14(20)11-19-15(21)12-5-3-4-6-13(12)16(19)22/h3-6H,2,7-11H2,1H3. The van der Waals surface area contributed by atoms with Crippen molar-refractivity contribution in [2.75, 3.05) is 38.5 Å². The quantitative estimate of drug-likeness (QED) is 0.688. The lowest BCUT2D eigenvalue weighted by atomic mass is 10.1. The minimum absolute atomic E-state index is 0.0238. The monoisotopic (exact) mass is 365 g/mol. The number of amides is 3. The molecule has 3 amide bonds. The van der Waals surface area contributed by atoms with Gasteiger partial charge in [-0.15, -0.1) is 0 Å². The van der Waals surface area contributed by atoms with E-state index in [0.717, 1.165) is 4.90 Å². The van der Waals surface area contributed by atoms with E-state index < -0.39 is 21.8 Å². The van der Waals surface area contributed by atoms with Crippen LogP contribution in [0.1, 0.15) is 27.6 Å². The molecule has 2 heterocycles. The topological polar surface area (TPSA) is 95.1 Å². The first-order chi connectivity index (χ1) is 11.8. The summed E-state index contributed by atoms with van der Waals surface area (Å²) in [5, 5.41) is 0. The van der Waals surface area contributed by atoms with Gasteiger partial charge in [-0.25, -0.2) is 8.42 Å². The fraction of sp³-hybridized carbons (Fsp3) is 0.438. The Morgan fingerprint density at radius 2 is 1.52 bits per heavy atom. The molecule has 0 unspecified atom stereocenters. The van der Waals surface area contributed by atoms with Crippen molar-refractivity contribution in [1.29, 1.82) is 0 Å². The van der Waals surface area contributed by atoms with Crippen LogP contribution in [0.15, 0.2) is 24.3 Å². The smallest absolute Gasteiger partial charge is 0.262 e. The molecule has 0 radical (unpaired) electrons. The van der Waals surface area contributed by atoms with Crippen LogP contribution in [0.2, 0.25) is 0 Å². The van der Waals surface area contributed by atoms with Gasteiger partial charge in [-0.3, -0.25) is 19.3 Å². The summed E-state index contributed by atoms with van der Waals surface area (Å²) in [4.78, 5) is 39.5. The molecule has 25 heavy (non-hydrogen) atoms. The van der Waals surface area contributed by atoms with Crippen molar-refractivity contribution in [1.82, 2.24) is 14.1 Å². The highest BCUT2D eigenvalue weighted by Gasteiger charge is 2.37. The fourth-order valence-corrected chi connectivity index (χ4v) is 4.10. The van der Waals surface area contributed by atoms with E-state index in [4.69, 9.17) is 0 Å². The molecule has 0 atom stereocenters. The second-order valence-corrected chi connectivity index (χ2v) is 8.18. The number of nitrogens with zero attached hydrogens (tertiary/aromatic N) is 3. The van der Waals surface area contributed by atoms with Crippen molar-refractivity contribution in [2.24, 2.45) is 0 Å². The van der Waals surface area contributed by atoms with E-state index in [-0.39, 0.29) is 44.4 Å². The van der Waals surface area contributed by atoms with Gasteiger partial charge in [0.15, 0.2) is 0 Å². The normalized spacial score (nSPS) is 18.6. The van der Waals surface area contributed by atoms with Crippen LogP contribution in [0.25, 0.3) is 0 Å². The minimum atomic E-state index is -3.27. The van der Waals surface area contributed by atoms with E-state index in [1.54, 1.807) is 31.2 Å². The van der Waals surface area contributed by atoms with Crippen LogP contribution in [0, 0.1) is 0 Å². The Morgan fingerprint density at radius 3 is 2.00 bits per heavy atom. The van der Waals surface area contributed by atoms with Crippen molar-refractivity contribution in [3.8, 4) is 0 Å². The molecule has 0 spiro atoms. The number of carbonyl (C=O) groups is 3. The maximum atomic E-state index is 12.4. The van der Waals surface area contributed by atoms with E-state index in [1.807, 2.05) is 0 Å². The highest BCUT2D eigenvalue weighted by atomic mass is 32.2. The zero-order chi connectivity index (χ0) is 18.2. The second kappa shape index (κ2) is 6.57. The Kier molecular flexibility index (Phi) is 4.61. The minimum Gasteiger partial charge on any atom is -0.338 e. The van der Waals surface area contributed by atoms with Gasteiger partial charge in [0.25, 0.3) is 11.8 Å². The van der Waals surface area contributed by atoms with E-state index >= 15 is 0 Å². The summed E-state index contributed by atoms with van der Waals surface area (Å²) < 4.78 is 25.1. The lowest BCUT2D eigenvalue weighted by molar-refractivity contribution is -0.132. The lowest BCUT2D eigenvalue weighted by Crippen LogP contribution is -2.53. The van der Waals surface area contributed by atoms with Crippen molar-refractivity contribution >= 4 is 27.7 Å². The van der Waals surface area contributed by atoms with Gasteiger partial charge < -0.3 is 4.90 Å². The highest BCUT2D eigenvalue weighted by Crippen LogP contribution is 2.22. The van der Waals surface area contributed by atoms with Crippen molar-refractivity contribution in [2.45, 2.75) is 6.92 Å². The van der Waals surface area contributed by atoms with Crippen LogP contribution in [-0.2, 0) is 14.8 Å². The third-order valence-corrected chi connectivity index (χ3v) is 6.40. The molecule has 1 aromatic carbocycles. The van der Waals surface area contributed by atoms with Crippen LogP contribution in [0.5, 0.6) is 0 Å². The highest BCUT2D eigenvalue weighted by molar-refractivity contribution is 7.89. The summed E-state index contributed by atoms with van der Waals surface area (Å²) in [5.41, 5.74) is 0.610. The van der Waals surface area contributed by atoms with E-state index in [0.29, 0.717) is 11.1 Å². The molecule has 0 aromatic heterocycles. The van der Waals surface area contributed by atoms with Gasteiger partial charge in [-0.2, -0.15) is 4.31 Å². The van der Waals surface area contributed by atoms with Gasteiger partial charge in [0.05, 0.1) is 16.9 Å². The molecule has 0 aliphatic carbocycles. The van der Waals surface area contributed by atoms with Gasteiger partial charge in [-0.1, -0.05) is 12.1 Å². The Bertz CT molecular complexity index is 793. The molecule has 0 bridgehead atoms. The van der Waals surface area contributed by atoms with Crippen molar-refractivity contribution in [3.05, 3.63) is 35.4 Å². The average molecular weight is 365 g/mol.